The van der Waals surface area contributed by atoms with Crippen molar-refractivity contribution in [1.82, 2.24) is 19.9 Å². The predicted molar refractivity (Wildman–Crippen MR) is 188 cm³/mol. The molecule has 0 unspecified atom stereocenters. The molecule has 0 bridgehead atoms. The van der Waals surface area contributed by atoms with Crippen molar-refractivity contribution in [3.63, 3.8) is 0 Å². The number of amides is 1. The van der Waals surface area contributed by atoms with Gasteiger partial charge in [-0.15, -0.1) is 0 Å². The van der Waals surface area contributed by atoms with Crippen LogP contribution in [0.2, 0.25) is 0 Å². The van der Waals surface area contributed by atoms with Gasteiger partial charge in [-0.2, -0.15) is 0 Å². The van der Waals surface area contributed by atoms with Crippen molar-refractivity contribution in [2.75, 3.05) is 34.0 Å². The van der Waals surface area contributed by atoms with E-state index in [1.54, 1.807) is 14.2 Å². The Bertz CT molecular complexity index is 2020. The molecule has 0 atom stereocenters. The molecule has 2 saturated carbocycles. The number of imidazole rings is 1. The van der Waals surface area contributed by atoms with Gasteiger partial charge in [-0.3, -0.25) is 4.79 Å². The molecule has 49 heavy (non-hydrogen) atoms. The third-order valence-corrected chi connectivity index (χ3v) is 10.8. The van der Waals surface area contributed by atoms with Crippen LogP contribution in [0, 0.1) is 0 Å². The molecule has 1 amide bonds. The number of ether oxygens (including phenoxy) is 4. The molecule has 2 fully saturated rings. The van der Waals surface area contributed by atoms with Crippen LogP contribution in [0.1, 0.15) is 84.6 Å². The highest BCUT2D eigenvalue weighted by atomic mass is 16.5. The molecular formula is C39H44N4O6. The lowest BCUT2D eigenvalue weighted by Gasteiger charge is -2.40. The van der Waals surface area contributed by atoms with Gasteiger partial charge < -0.3 is 38.9 Å². The normalized spacial score (nSPS) is 17.1. The number of carbonyl (C=O) groups is 1. The van der Waals surface area contributed by atoms with Gasteiger partial charge in [0.25, 0.3) is 5.91 Å². The molecule has 10 nitrogen and oxygen atoms in total. The monoisotopic (exact) mass is 664 g/mol. The Balaban J connectivity index is 1.15. The third kappa shape index (κ3) is 5.60. The molecule has 3 heterocycles. The maximum Gasteiger partial charge on any atom is 0.252 e. The lowest BCUT2D eigenvalue weighted by Crippen LogP contribution is -2.51. The summed E-state index contributed by atoms with van der Waals surface area (Å²) in [5.41, 5.74) is 6.96. The molecule has 3 aromatic carbocycles. The molecule has 3 N–H and O–H groups in total. The minimum atomic E-state index is -0.601. The van der Waals surface area contributed by atoms with Crippen molar-refractivity contribution in [2.24, 2.45) is 0 Å². The van der Waals surface area contributed by atoms with Gasteiger partial charge >= 0.3 is 0 Å². The second kappa shape index (κ2) is 13.1. The fourth-order valence-corrected chi connectivity index (χ4v) is 8.08. The summed E-state index contributed by atoms with van der Waals surface area (Å²) in [5, 5.41) is 14.6. The number of nitrogens with zero attached hydrogens (tertiary/aromatic N) is 2. The number of methoxy groups -OCH3 is 2. The molecule has 5 aromatic rings. The van der Waals surface area contributed by atoms with Crippen molar-refractivity contribution in [2.45, 2.75) is 76.0 Å². The molecule has 1 aliphatic heterocycles. The third-order valence-electron chi connectivity index (χ3n) is 10.8. The number of aliphatic hydroxyl groups is 1. The summed E-state index contributed by atoms with van der Waals surface area (Å²) in [6, 6.07) is 16.0. The summed E-state index contributed by atoms with van der Waals surface area (Å²) in [7, 11) is 3.30. The van der Waals surface area contributed by atoms with E-state index >= 15 is 0 Å². The summed E-state index contributed by atoms with van der Waals surface area (Å²) in [6.45, 7) is 1.88. The SMILES string of the molecule is COCCOc1cc2nc(C3(NC(=O)c4ccc5c(C6CCCCC6)c6n(c5c4)CCOc4cc(OC)ccc4-6)CCC3)[nH]c2cc1CO. The van der Waals surface area contributed by atoms with E-state index in [2.05, 4.69) is 33.1 Å². The number of hydrogen-bond donors (Lipinski definition) is 3. The molecular weight excluding hydrogens is 620 g/mol. The number of fused-ring (bicyclic) bond motifs is 6. The van der Waals surface area contributed by atoms with Gasteiger partial charge in [-0.1, -0.05) is 25.3 Å². The fourth-order valence-electron chi connectivity index (χ4n) is 8.08. The summed E-state index contributed by atoms with van der Waals surface area (Å²) < 4.78 is 25.2. The number of carbonyl (C=O) groups excluding carboxylic acids is 1. The topological polar surface area (TPSA) is 120 Å². The summed E-state index contributed by atoms with van der Waals surface area (Å²) in [5.74, 6) is 3.27. The Morgan fingerprint density at radius 2 is 1.92 bits per heavy atom. The van der Waals surface area contributed by atoms with Crippen LogP contribution in [0.15, 0.2) is 48.5 Å². The first kappa shape index (κ1) is 31.7. The van der Waals surface area contributed by atoms with Gasteiger partial charge in [-0.25, -0.2) is 4.98 Å². The van der Waals surface area contributed by atoms with Gasteiger partial charge in [0.05, 0.1) is 49.1 Å². The first-order valence-electron chi connectivity index (χ1n) is 17.6. The minimum absolute atomic E-state index is 0.119. The fraction of sp³-hybridized carbons (Fsp3) is 0.436. The maximum atomic E-state index is 14.1. The zero-order chi connectivity index (χ0) is 33.5. The van der Waals surface area contributed by atoms with Crippen LogP contribution < -0.4 is 19.5 Å². The largest absolute Gasteiger partial charge is 0.497 e. The van der Waals surface area contributed by atoms with Crippen LogP contribution in [-0.2, 0) is 23.4 Å². The molecule has 0 radical (unpaired) electrons. The molecule has 10 heteroatoms. The Labute approximate surface area is 285 Å². The first-order valence-corrected chi connectivity index (χ1v) is 17.6. The lowest BCUT2D eigenvalue weighted by molar-refractivity contribution is 0.0811. The van der Waals surface area contributed by atoms with Crippen LogP contribution >= 0.6 is 0 Å². The highest BCUT2D eigenvalue weighted by Crippen LogP contribution is 2.48. The van der Waals surface area contributed by atoms with E-state index in [1.165, 1.54) is 48.7 Å². The van der Waals surface area contributed by atoms with Crippen molar-refractivity contribution >= 4 is 27.8 Å². The first-order chi connectivity index (χ1) is 24.0. The smallest absolute Gasteiger partial charge is 0.252 e. The molecule has 2 aromatic heterocycles. The standard InChI is InChI=1S/C39H44N4O6/c1-46-17-18-49-33-22-31-30(19-26(33)23-44)40-38(41-31)39(13-6-14-39)42-37(45)25-9-11-28-32(20-25)43-15-16-48-34-21-27(47-2)10-12-29(34)36(43)35(28)24-7-4-3-5-8-24/h9-12,19-22,24,44H,3-8,13-18,23H2,1-2H3,(H,40,41)(H,42,45). The molecule has 2 aliphatic carbocycles. The van der Waals surface area contributed by atoms with Gasteiger partial charge in [0.1, 0.15) is 36.3 Å². The quantitative estimate of drug-likeness (QED) is 0.138. The van der Waals surface area contributed by atoms with Crippen LogP contribution in [-0.4, -0.2) is 59.6 Å². The molecule has 256 valence electrons. The van der Waals surface area contributed by atoms with E-state index in [4.69, 9.17) is 23.9 Å². The van der Waals surface area contributed by atoms with Crippen LogP contribution in [0.25, 0.3) is 33.2 Å². The minimum Gasteiger partial charge on any atom is -0.497 e. The van der Waals surface area contributed by atoms with Crippen LogP contribution in [0.5, 0.6) is 17.2 Å². The highest BCUT2D eigenvalue weighted by molar-refractivity contribution is 6.01. The average molecular weight is 665 g/mol. The van der Waals surface area contributed by atoms with E-state index < -0.39 is 5.54 Å². The van der Waals surface area contributed by atoms with Gasteiger partial charge in [0, 0.05) is 46.8 Å². The van der Waals surface area contributed by atoms with Gasteiger partial charge in [0.2, 0.25) is 0 Å². The van der Waals surface area contributed by atoms with Crippen molar-refractivity contribution in [3.8, 4) is 28.5 Å². The van der Waals surface area contributed by atoms with Crippen LogP contribution in [0.3, 0.4) is 0 Å². The molecule has 8 rings (SSSR count). The van der Waals surface area contributed by atoms with E-state index in [0.717, 1.165) is 58.7 Å². The number of nitrogens with one attached hydrogen (secondary N) is 2. The Morgan fingerprint density at radius 1 is 1.06 bits per heavy atom. The van der Waals surface area contributed by atoms with E-state index in [1.807, 2.05) is 30.3 Å². The predicted octanol–water partition coefficient (Wildman–Crippen LogP) is 6.96. The molecule has 0 saturated heterocycles. The van der Waals surface area contributed by atoms with Crippen molar-refractivity contribution in [3.05, 3.63) is 71.0 Å². The second-order valence-corrected chi connectivity index (χ2v) is 13.6. The molecule has 3 aliphatic rings. The Hall–Kier alpha value is -4.54. The number of aliphatic hydroxyl groups excluding tert-OH is 1. The van der Waals surface area contributed by atoms with Gasteiger partial charge in [0.15, 0.2) is 0 Å². The zero-order valence-corrected chi connectivity index (χ0v) is 28.3. The summed E-state index contributed by atoms with van der Waals surface area (Å²) in [6.07, 6.45) is 8.65. The summed E-state index contributed by atoms with van der Waals surface area (Å²) >= 11 is 0. The second-order valence-electron chi connectivity index (χ2n) is 13.6. The van der Waals surface area contributed by atoms with Gasteiger partial charge in [-0.05, 0) is 73.9 Å². The number of rotatable bonds is 10. The highest BCUT2D eigenvalue weighted by Gasteiger charge is 2.43. The molecule has 0 spiro atoms. The van der Waals surface area contributed by atoms with Crippen LogP contribution in [0.4, 0.5) is 0 Å². The number of hydrogen-bond acceptors (Lipinski definition) is 7. The average Bonchev–Trinajstić information content (AvgIpc) is 3.61. The number of H-pyrrole nitrogens is 1. The number of benzene rings is 3. The Morgan fingerprint density at radius 3 is 2.67 bits per heavy atom. The van der Waals surface area contributed by atoms with E-state index in [-0.39, 0.29) is 12.5 Å². The van der Waals surface area contributed by atoms with E-state index in [9.17, 15) is 9.90 Å². The van der Waals surface area contributed by atoms with Crippen molar-refractivity contribution < 1.29 is 28.8 Å². The van der Waals surface area contributed by atoms with E-state index in [0.29, 0.717) is 49.2 Å². The lowest BCUT2D eigenvalue weighted by atomic mass is 9.76. The Kier molecular flexibility index (Phi) is 8.45. The number of aromatic amines is 1. The number of aromatic nitrogens is 3. The van der Waals surface area contributed by atoms with Crippen molar-refractivity contribution in [1.29, 1.82) is 0 Å². The summed E-state index contributed by atoms with van der Waals surface area (Å²) in [4.78, 5) is 22.5. The zero-order valence-electron chi connectivity index (χ0n) is 28.3. The maximum absolute atomic E-state index is 14.1.